The topological polar surface area (TPSA) is 34.0 Å². The molecule has 0 aliphatic carbocycles. The Morgan fingerprint density at radius 2 is 1.91 bits per heavy atom. The lowest BCUT2D eigenvalue weighted by atomic mass is 10.1. The van der Waals surface area contributed by atoms with Crippen LogP contribution >= 0.6 is 11.3 Å². The van der Waals surface area contributed by atoms with Gasteiger partial charge in [-0.05, 0) is 38.0 Å². The highest BCUT2D eigenvalue weighted by molar-refractivity contribution is 7.19. The molecule has 1 N–H and O–H groups in total. The number of rotatable bonds is 5. The number of nitrogens with one attached hydrogen (secondary N) is 1. The van der Waals surface area contributed by atoms with E-state index in [4.69, 9.17) is 0 Å². The van der Waals surface area contributed by atoms with Gasteiger partial charge in [0, 0.05) is 18.0 Å². The minimum atomic E-state index is 0.0139. The standard InChI is InChI=1S/C19H22N2OS/c1-4-9-20-19(22)17-11-18-16(10-14(3)23-18)21(17)12-15-7-5-13(2)6-8-15/h5-8,10-11H,4,9,12H2,1-3H3,(H,20,22). The van der Waals surface area contributed by atoms with Crippen molar-refractivity contribution in [3.63, 3.8) is 0 Å². The van der Waals surface area contributed by atoms with Gasteiger partial charge in [-0.3, -0.25) is 4.79 Å². The summed E-state index contributed by atoms with van der Waals surface area (Å²) >= 11 is 1.74. The van der Waals surface area contributed by atoms with E-state index < -0.39 is 0 Å². The van der Waals surface area contributed by atoms with Crippen LogP contribution < -0.4 is 5.32 Å². The van der Waals surface area contributed by atoms with Gasteiger partial charge >= 0.3 is 0 Å². The molecule has 3 nitrogen and oxygen atoms in total. The van der Waals surface area contributed by atoms with E-state index in [1.807, 2.05) is 6.07 Å². The first-order chi connectivity index (χ1) is 11.1. The summed E-state index contributed by atoms with van der Waals surface area (Å²) in [6.45, 7) is 7.69. The minimum Gasteiger partial charge on any atom is -0.351 e. The van der Waals surface area contributed by atoms with Crippen molar-refractivity contribution < 1.29 is 4.79 Å². The van der Waals surface area contributed by atoms with Crippen LogP contribution in [0.1, 0.15) is 39.8 Å². The number of aromatic nitrogens is 1. The zero-order valence-corrected chi connectivity index (χ0v) is 14.7. The summed E-state index contributed by atoms with van der Waals surface area (Å²) in [6.07, 6.45) is 0.942. The van der Waals surface area contributed by atoms with Crippen molar-refractivity contribution in [3.8, 4) is 0 Å². The molecule has 1 amide bonds. The first-order valence-corrected chi connectivity index (χ1v) is 8.83. The molecule has 3 rings (SSSR count). The fourth-order valence-corrected chi connectivity index (χ4v) is 3.69. The average molecular weight is 326 g/mol. The Kier molecular flexibility index (Phi) is 4.53. The number of aryl methyl sites for hydroxylation is 2. The first-order valence-electron chi connectivity index (χ1n) is 8.02. The van der Waals surface area contributed by atoms with Crippen molar-refractivity contribution in [3.05, 3.63) is 58.1 Å². The fraction of sp³-hybridized carbons (Fsp3) is 0.316. The minimum absolute atomic E-state index is 0.0139. The van der Waals surface area contributed by atoms with Crippen LogP contribution in [0.25, 0.3) is 10.2 Å². The highest BCUT2D eigenvalue weighted by atomic mass is 32.1. The zero-order valence-electron chi connectivity index (χ0n) is 13.8. The van der Waals surface area contributed by atoms with E-state index >= 15 is 0 Å². The molecule has 2 aromatic heterocycles. The van der Waals surface area contributed by atoms with Crippen LogP contribution in [0.5, 0.6) is 0 Å². The van der Waals surface area contributed by atoms with Gasteiger partial charge in [-0.1, -0.05) is 36.8 Å². The third-order valence-corrected chi connectivity index (χ3v) is 4.93. The molecule has 1 aromatic carbocycles. The molecule has 2 heterocycles. The Morgan fingerprint density at radius 3 is 2.61 bits per heavy atom. The van der Waals surface area contributed by atoms with E-state index in [1.165, 1.54) is 20.7 Å². The average Bonchev–Trinajstić information content (AvgIpc) is 3.04. The van der Waals surface area contributed by atoms with Crippen LogP contribution in [0, 0.1) is 13.8 Å². The molecule has 0 aliphatic rings. The molecule has 0 spiro atoms. The number of nitrogens with zero attached hydrogens (tertiary/aromatic N) is 1. The molecule has 0 bridgehead atoms. The van der Waals surface area contributed by atoms with Gasteiger partial charge in [-0.15, -0.1) is 11.3 Å². The molecule has 0 saturated heterocycles. The lowest BCUT2D eigenvalue weighted by Crippen LogP contribution is -2.26. The maximum Gasteiger partial charge on any atom is 0.267 e. The van der Waals surface area contributed by atoms with Crippen molar-refractivity contribution >= 4 is 27.5 Å². The number of hydrogen-bond donors (Lipinski definition) is 1. The van der Waals surface area contributed by atoms with Crippen molar-refractivity contribution in [2.75, 3.05) is 6.54 Å². The summed E-state index contributed by atoms with van der Waals surface area (Å²) in [5.41, 5.74) is 4.36. The van der Waals surface area contributed by atoms with Gasteiger partial charge in [0.15, 0.2) is 0 Å². The summed E-state index contributed by atoms with van der Waals surface area (Å²) in [7, 11) is 0. The Balaban J connectivity index is 2.00. The lowest BCUT2D eigenvalue weighted by molar-refractivity contribution is 0.0945. The number of carbonyl (C=O) groups is 1. The van der Waals surface area contributed by atoms with Crippen LogP contribution in [-0.4, -0.2) is 17.0 Å². The van der Waals surface area contributed by atoms with Crippen molar-refractivity contribution in [1.29, 1.82) is 0 Å². The molecule has 0 unspecified atom stereocenters. The Labute approximate surface area is 140 Å². The Morgan fingerprint density at radius 1 is 1.17 bits per heavy atom. The molecule has 0 aliphatic heterocycles. The molecule has 0 radical (unpaired) electrons. The SMILES string of the molecule is CCCNC(=O)c1cc2sc(C)cc2n1Cc1ccc(C)cc1. The molecular formula is C19H22N2OS. The van der Waals surface area contributed by atoms with E-state index in [1.54, 1.807) is 11.3 Å². The smallest absolute Gasteiger partial charge is 0.267 e. The first kappa shape index (κ1) is 15.8. The van der Waals surface area contributed by atoms with E-state index in [-0.39, 0.29) is 5.91 Å². The lowest BCUT2D eigenvalue weighted by Gasteiger charge is -2.11. The second-order valence-electron chi connectivity index (χ2n) is 5.96. The highest BCUT2D eigenvalue weighted by Crippen LogP contribution is 2.29. The van der Waals surface area contributed by atoms with Gasteiger partial charge in [-0.2, -0.15) is 0 Å². The third-order valence-electron chi connectivity index (χ3n) is 3.94. The number of thiophene rings is 1. The van der Waals surface area contributed by atoms with Gasteiger partial charge in [0.05, 0.1) is 10.2 Å². The Hall–Kier alpha value is -2.07. The molecule has 0 fully saturated rings. The molecule has 120 valence electrons. The molecule has 0 atom stereocenters. The highest BCUT2D eigenvalue weighted by Gasteiger charge is 2.17. The van der Waals surface area contributed by atoms with Crippen LogP contribution in [-0.2, 0) is 6.54 Å². The predicted octanol–water partition coefficient (Wildman–Crippen LogP) is 4.51. The number of benzene rings is 1. The molecule has 23 heavy (non-hydrogen) atoms. The van der Waals surface area contributed by atoms with E-state index in [2.05, 4.69) is 61.0 Å². The largest absolute Gasteiger partial charge is 0.351 e. The van der Waals surface area contributed by atoms with Crippen LogP contribution in [0.2, 0.25) is 0 Å². The van der Waals surface area contributed by atoms with E-state index in [9.17, 15) is 4.79 Å². The quantitative estimate of drug-likeness (QED) is 0.735. The number of fused-ring (bicyclic) bond motifs is 1. The number of hydrogen-bond acceptors (Lipinski definition) is 2. The van der Waals surface area contributed by atoms with E-state index in [0.717, 1.165) is 24.2 Å². The van der Waals surface area contributed by atoms with Gasteiger partial charge < -0.3 is 9.88 Å². The van der Waals surface area contributed by atoms with Gasteiger partial charge in [-0.25, -0.2) is 0 Å². The zero-order chi connectivity index (χ0) is 16.4. The summed E-state index contributed by atoms with van der Waals surface area (Å²) in [4.78, 5) is 13.8. The number of amides is 1. The van der Waals surface area contributed by atoms with Crippen molar-refractivity contribution in [1.82, 2.24) is 9.88 Å². The van der Waals surface area contributed by atoms with Gasteiger partial charge in [0.1, 0.15) is 5.69 Å². The Bertz CT molecular complexity index is 827. The van der Waals surface area contributed by atoms with Gasteiger partial charge in [0.25, 0.3) is 5.91 Å². The molecule has 0 saturated carbocycles. The molecular weight excluding hydrogens is 304 g/mol. The van der Waals surface area contributed by atoms with Crippen LogP contribution in [0.15, 0.2) is 36.4 Å². The van der Waals surface area contributed by atoms with E-state index in [0.29, 0.717) is 6.54 Å². The molecule has 4 heteroatoms. The predicted molar refractivity (Wildman–Crippen MR) is 97.5 cm³/mol. The molecule has 3 aromatic rings. The summed E-state index contributed by atoms with van der Waals surface area (Å²) < 4.78 is 3.31. The summed E-state index contributed by atoms with van der Waals surface area (Å²) in [5.74, 6) is 0.0139. The summed E-state index contributed by atoms with van der Waals surface area (Å²) in [5, 5.41) is 2.99. The maximum atomic E-state index is 12.5. The normalized spacial score (nSPS) is 11.1. The van der Waals surface area contributed by atoms with Crippen LogP contribution in [0.4, 0.5) is 0 Å². The van der Waals surface area contributed by atoms with Crippen molar-refractivity contribution in [2.24, 2.45) is 0 Å². The third kappa shape index (κ3) is 3.32. The van der Waals surface area contributed by atoms with Gasteiger partial charge in [0.2, 0.25) is 0 Å². The maximum absolute atomic E-state index is 12.5. The number of carbonyl (C=O) groups excluding carboxylic acids is 1. The van der Waals surface area contributed by atoms with Crippen LogP contribution in [0.3, 0.4) is 0 Å². The summed E-state index contributed by atoms with van der Waals surface area (Å²) in [6, 6.07) is 12.7. The monoisotopic (exact) mass is 326 g/mol. The fourth-order valence-electron chi connectivity index (χ4n) is 2.73. The van der Waals surface area contributed by atoms with Crippen molar-refractivity contribution in [2.45, 2.75) is 33.7 Å². The second kappa shape index (κ2) is 6.59. The second-order valence-corrected chi connectivity index (χ2v) is 7.25.